The Labute approximate surface area is 119 Å². The van der Waals surface area contributed by atoms with Gasteiger partial charge >= 0.3 is 5.97 Å². The van der Waals surface area contributed by atoms with Crippen LogP contribution >= 0.6 is 0 Å². The smallest absolute Gasteiger partial charge is 0.315 e. The SMILES string of the molecule is COC(=O)C1C(C)=NC(C)C(C#N)C1c1ccccc1. The molecule has 0 saturated heterocycles. The molecule has 0 fully saturated rings. The van der Waals surface area contributed by atoms with Crippen molar-refractivity contribution < 1.29 is 9.53 Å². The summed E-state index contributed by atoms with van der Waals surface area (Å²) in [7, 11) is 1.37. The minimum atomic E-state index is -0.483. The topological polar surface area (TPSA) is 62.4 Å². The Morgan fingerprint density at radius 3 is 2.55 bits per heavy atom. The fourth-order valence-corrected chi connectivity index (χ4v) is 2.96. The predicted octanol–water partition coefficient (Wildman–Crippen LogP) is 2.56. The van der Waals surface area contributed by atoms with Gasteiger partial charge in [0.2, 0.25) is 0 Å². The van der Waals surface area contributed by atoms with Crippen molar-refractivity contribution in [2.24, 2.45) is 16.8 Å². The van der Waals surface area contributed by atoms with Crippen molar-refractivity contribution in [2.75, 3.05) is 7.11 Å². The van der Waals surface area contributed by atoms with Crippen LogP contribution in [0.3, 0.4) is 0 Å². The maximum atomic E-state index is 12.1. The van der Waals surface area contributed by atoms with Crippen LogP contribution in [0, 0.1) is 23.2 Å². The van der Waals surface area contributed by atoms with E-state index < -0.39 is 5.92 Å². The molecule has 0 aromatic heterocycles. The van der Waals surface area contributed by atoms with Gasteiger partial charge in [0.25, 0.3) is 0 Å². The van der Waals surface area contributed by atoms with Crippen LogP contribution in [0.1, 0.15) is 25.3 Å². The van der Waals surface area contributed by atoms with Gasteiger partial charge in [0.05, 0.1) is 25.1 Å². The van der Waals surface area contributed by atoms with Crippen LogP contribution in [-0.4, -0.2) is 24.8 Å². The van der Waals surface area contributed by atoms with Crippen molar-refractivity contribution in [3.8, 4) is 6.07 Å². The number of nitrogens with zero attached hydrogens (tertiary/aromatic N) is 2. The third kappa shape index (κ3) is 2.44. The van der Waals surface area contributed by atoms with Crippen LogP contribution in [0.5, 0.6) is 0 Å². The molecule has 1 aliphatic rings. The van der Waals surface area contributed by atoms with Crippen LogP contribution in [-0.2, 0) is 9.53 Å². The van der Waals surface area contributed by atoms with Crippen molar-refractivity contribution >= 4 is 11.7 Å². The highest BCUT2D eigenvalue weighted by Crippen LogP contribution is 2.39. The second-order valence-electron chi connectivity index (χ2n) is 5.10. The summed E-state index contributed by atoms with van der Waals surface area (Å²) in [5, 5.41) is 9.48. The van der Waals surface area contributed by atoms with E-state index >= 15 is 0 Å². The number of esters is 1. The molecule has 4 atom stereocenters. The highest BCUT2D eigenvalue weighted by molar-refractivity contribution is 6.02. The van der Waals surface area contributed by atoms with E-state index in [1.807, 2.05) is 44.2 Å². The molecule has 0 amide bonds. The summed E-state index contributed by atoms with van der Waals surface area (Å²) in [5.41, 5.74) is 1.72. The van der Waals surface area contributed by atoms with Crippen LogP contribution in [0.25, 0.3) is 0 Å². The molecule has 1 aromatic rings. The number of benzene rings is 1. The lowest BCUT2D eigenvalue weighted by atomic mass is 9.71. The third-order valence-electron chi connectivity index (χ3n) is 3.91. The summed E-state index contributed by atoms with van der Waals surface area (Å²) >= 11 is 0. The number of carbonyl (C=O) groups excluding carboxylic acids is 1. The standard InChI is InChI=1S/C16H18N2O2/c1-10-13(9-17)15(12-7-5-4-6-8-12)14(11(2)18-10)16(19)20-3/h4-8,10,13-15H,1-3H3. The number of ether oxygens (including phenoxy) is 1. The molecule has 4 unspecified atom stereocenters. The van der Waals surface area contributed by atoms with E-state index in [-0.39, 0.29) is 23.8 Å². The lowest BCUT2D eigenvalue weighted by Crippen LogP contribution is -2.41. The quantitative estimate of drug-likeness (QED) is 0.776. The molecular formula is C16H18N2O2. The van der Waals surface area contributed by atoms with E-state index in [1.165, 1.54) is 7.11 Å². The summed E-state index contributed by atoms with van der Waals surface area (Å²) < 4.78 is 4.91. The fourth-order valence-electron chi connectivity index (χ4n) is 2.96. The van der Waals surface area contributed by atoms with Gasteiger partial charge in [-0.3, -0.25) is 9.79 Å². The second-order valence-corrected chi connectivity index (χ2v) is 5.10. The van der Waals surface area contributed by atoms with Crippen molar-refractivity contribution in [2.45, 2.75) is 25.8 Å². The highest BCUT2D eigenvalue weighted by Gasteiger charge is 2.43. The van der Waals surface area contributed by atoms with E-state index in [2.05, 4.69) is 11.1 Å². The van der Waals surface area contributed by atoms with Gasteiger partial charge in [-0.25, -0.2) is 0 Å². The van der Waals surface area contributed by atoms with Crippen LogP contribution in [0.4, 0.5) is 0 Å². The molecule has 0 radical (unpaired) electrons. The average Bonchev–Trinajstić information content (AvgIpc) is 2.46. The maximum Gasteiger partial charge on any atom is 0.315 e. The minimum Gasteiger partial charge on any atom is -0.468 e. The van der Waals surface area contributed by atoms with E-state index in [0.29, 0.717) is 0 Å². The lowest BCUT2D eigenvalue weighted by molar-refractivity contribution is -0.144. The van der Waals surface area contributed by atoms with E-state index in [1.54, 1.807) is 0 Å². The van der Waals surface area contributed by atoms with Crippen molar-refractivity contribution in [1.29, 1.82) is 5.26 Å². The maximum absolute atomic E-state index is 12.1. The first kappa shape index (κ1) is 14.3. The Bertz CT molecular complexity index is 560. The number of rotatable bonds is 2. The van der Waals surface area contributed by atoms with Gasteiger partial charge in [-0.05, 0) is 19.4 Å². The van der Waals surface area contributed by atoms with Gasteiger partial charge in [-0.15, -0.1) is 0 Å². The number of carbonyl (C=O) groups is 1. The van der Waals surface area contributed by atoms with Gasteiger partial charge in [0.15, 0.2) is 0 Å². The van der Waals surface area contributed by atoms with Crippen LogP contribution in [0.15, 0.2) is 35.3 Å². The first-order valence-corrected chi connectivity index (χ1v) is 6.66. The summed E-state index contributed by atoms with van der Waals surface area (Å²) in [6.07, 6.45) is 0. The Morgan fingerprint density at radius 2 is 2.00 bits per heavy atom. The number of aliphatic imine (C=N–C) groups is 1. The third-order valence-corrected chi connectivity index (χ3v) is 3.91. The van der Waals surface area contributed by atoms with Gasteiger partial charge < -0.3 is 4.74 Å². The summed E-state index contributed by atoms with van der Waals surface area (Å²) in [5.74, 6) is -1.35. The molecule has 0 N–H and O–H groups in total. The van der Waals surface area contributed by atoms with Gasteiger partial charge in [-0.1, -0.05) is 30.3 Å². The first-order valence-electron chi connectivity index (χ1n) is 6.66. The lowest BCUT2D eigenvalue weighted by Gasteiger charge is -2.35. The summed E-state index contributed by atoms with van der Waals surface area (Å²) in [4.78, 5) is 16.6. The average molecular weight is 270 g/mol. The van der Waals surface area contributed by atoms with Crippen molar-refractivity contribution in [1.82, 2.24) is 0 Å². The molecular weight excluding hydrogens is 252 g/mol. The molecule has 0 aliphatic carbocycles. The summed E-state index contributed by atoms with van der Waals surface area (Å²) in [6.45, 7) is 3.75. The van der Waals surface area contributed by atoms with Gasteiger partial charge in [-0.2, -0.15) is 5.26 Å². The van der Waals surface area contributed by atoms with E-state index in [9.17, 15) is 10.1 Å². The molecule has 4 nitrogen and oxygen atoms in total. The Hall–Kier alpha value is -2.15. The normalized spacial score (nSPS) is 29.2. The van der Waals surface area contributed by atoms with Crippen molar-refractivity contribution in [3.63, 3.8) is 0 Å². The fraction of sp³-hybridized carbons (Fsp3) is 0.438. The Kier molecular flexibility index (Phi) is 4.19. The molecule has 4 heteroatoms. The largest absolute Gasteiger partial charge is 0.468 e. The molecule has 2 rings (SSSR count). The number of methoxy groups -OCH3 is 1. The van der Waals surface area contributed by atoms with Gasteiger partial charge in [0.1, 0.15) is 5.92 Å². The zero-order chi connectivity index (χ0) is 14.7. The number of nitriles is 1. The Morgan fingerprint density at radius 1 is 1.35 bits per heavy atom. The minimum absolute atomic E-state index is 0.119. The molecule has 20 heavy (non-hydrogen) atoms. The zero-order valence-corrected chi connectivity index (χ0v) is 11.9. The number of hydrogen-bond acceptors (Lipinski definition) is 4. The van der Waals surface area contributed by atoms with E-state index in [0.717, 1.165) is 11.3 Å². The first-order chi connectivity index (χ1) is 9.60. The Balaban J connectivity index is 2.53. The summed E-state index contributed by atoms with van der Waals surface area (Å²) in [6, 6.07) is 11.9. The molecule has 0 spiro atoms. The molecule has 1 aromatic carbocycles. The molecule has 104 valence electrons. The molecule has 1 heterocycles. The second kappa shape index (κ2) is 5.87. The van der Waals surface area contributed by atoms with Crippen LogP contribution < -0.4 is 0 Å². The number of hydrogen-bond donors (Lipinski definition) is 0. The highest BCUT2D eigenvalue weighted by atomic mass is 16.5. The molecule has 0 saturated carbocycles. The zero-order valence-electron chi connectivity index (χ0n) is 11.9. The van der Waals surface area contributed by atoms with Gasteiger partial charge in [0, 0.05) is 11.6 Å². The monoisotopic (exact) mass is 270 g/mol. The predicted molar refractivity (Wildman–Crippen MR) is 76.4 cm³/mol. The molecule has 0 bridgehead atoms. The van der Waals surface area contributed by atoms with Crippen LogP contribution in [0.2, 0.25) is 0 Å². The molecule has 1 aliphatic heterocycles. The van der Waals surface area contributed by atoms with Crippen molar-refractivity contribution in [3.05, 3.63) is 35.9 Å². The van der Waals surface area contributed by atoms with E-state index in [4.69, 9.17) is 4.74 Å².